The van der Waals surface area contributed by atoms with Crippen LogP contribution in [0.4, 0.5) is 0 Å². The van der Waals surface area contributed by atoms with Crippen LogP contribution in [0.2, 0.25) is 10.0 Å². The fraction of sp³-hybridized carbons (Fsp3) is 0.391. The van der Waals surface area contributed by atoms with Gasteiger partial charge in [0.05, 0.1) is 24.4 Å². The molecule has 6 heteroatoms. The monoisotopic (exact) mass is 437 g/mol. The van der Waals surface area contributed by atoms with E-state index in [-0.39, 0.29) is 5.69 Å². The molecule has 1 aliphatic carbocycles. The van der Waals surface area contributed by atoms with Gasteiger partial charge >= 0.3 is 5.97 Å². The van der Waals surface area contributed by atoms with Crippen molar-refractivity contribution in [2.75, 3.05) is 13.7 Å². The van der Waals surface area contributed by atoms with Gasteiger partial charge in [0, 0.05) is 5.02 Å². The number of carbonyl (C=O) groups is 1. The first-order valence-electron chi connectivity index (χ1n) is 9.78. The molecule has 0 amide bonds. The number of hydrogen-bond donors (Lipinski definition) is 0. The molecule has 0 unspecified atom stereocenters. The van der Waals surface area contributed by atoms with Gasteiger partial charge in [0.25, 0.3) is 0 Å². The number of pyridine rings is 1. The molecule has 1 aromatic heterocycles. The molecular weight excluding hydrogens is 409 g/mol. The second-order valence-corrected chi connectivity index (χ2v) is 6.86. The smallest absolute Gasteiger partial charge is 0.358 e. The van der Waals surface area contributed by atoms with Gasteiger partial charge in [-0.1, -0.05) is 42.6 Å². The Kier molecular flexibility index (Phi) is 11.4. The number of aromatic nitrogens is 1. The van der Waals surface area contributed by atoms with Gasteiger partial charge in [0.15, 0.2) is 5.69 Å². The predicted octanol–water partition coefficient (Wildman–Crippen LogP) is 7.24. The third kappa shape index (κ3) is 7.71. The largest absolute Gasteiger partial charge is 0.497 e. The summed E-state index contributed by atoms with van der Waals surface area (Å²) in [5.41, 5.74) is 3.64. The van der Waals surface area contributed by atoms with E-state index in [0.717, 1.165) is 35.7 Å². The molecule has 0 bridgehead atoms. The van der Waals surface area contributed by atoms with E-state index in [1.165, 1.54) is 11.1 Å². The minimum Gasteiger partial charge on any atom is -0.497 e. The zero-order valence-corrected chi connectivity index (χ0v) is 19.2. The van der Waals surface area contributed by atoms with Crippen LogP contribution in [-0.4, -0.2) is 24.7 Å². The van der Waals surface area contributed by atoms with Crippen molar-refractivity contribution in [3.05, 3.63) is 63.4 Å². The maximum atomic E-state index is 11.7. The number of allylic oxidation sites excluding steroid dienone is 2. The average Bonchev–Trinajstić information content (AvgIpc) is 3.17. The van der Waals surface area contributed by atoms with E-state index in [4.69, 9.17) is 32.7 Å². The molecule has 0 N–H and O–H groups in total. The lowest BCUT2D eigenvalue weighted by atomic mass is 10.1. The quantitative estimate of drug-likeness (QED) is 0.472. The normalized spacial score (nSPS) is 12.4. The molecule has 3 rings (SSSR count). The van der Waals surface area contributed by atoms with Gasteiger partial charge in [-0.15, -0.1) is 0 Å². The Bertz CT molecular complexity index is 817. The molecule has 0 atom stereocenters. The van der Waals surface area contributed by atoms with Gasteiger partial charge in [0.1, 0.15) is 5.75 Å². The molecule has 0 saturated heterocycles. The lowest BCUT2D eigenvalue weighted by Gasteiger charge is -2.08. The van der Waals surface area contributed by atoms with Crippen molar-refractivity contribution >= 4 is 34.7 Å². The second kappa shape index (κ2) is 13.2. The number of methoxy groups -OCH3 is 1. The number of hydrogen-bond acceptors (Lipinski definition) is 4. The van der Waals surface area contributed by atoms with Gasteiger partial charge < -0.3 is 9.47 Å². The maximum Gasteiger partial charge on any atom is 0.358 e. The summed E-state index contributed by atoms with van der Waals surface area (Å²) >= 11 is 11.6. The second-order valence-electron chi connectivity index (χ2n) is 6.02. The standard InChI is InChI=1S/C14H16ClNO2.C7H7ClO.C2H6/c1-3-18-14(17)13-11(15)7-8-12(16-13)10-6-4-5-9(10)2;1-9-7-4-2-6(8)3-5-7;1-2/h7-8H,3-6H2,1-2H3;2-5H,1H3;1-2H3. The van der Waals surface area contributed by atoms with E-state index < -0.39 is 5.97 Å². The van der Waals surface area contributed by atoms with Crippen molar-refractivity contribution in [3.63, 3.8) is 0 Å². The highest BCUT2D eigenvalue weighted by Crippen LogP contribution is 2.33. The summed E-state index contributed by atoms with van der Waals surface area (Å²) < 4.78 is 9.86. The Labute approximate surface area is 183 Å². The zero-order valence-electron chi connectivity index (χ0n) is 17.7. The zero-order chi connectivity index (χ0) is 21.8. The number of ether oxygens (including phenoxy) is 2. The minimum absolute atomic E-state index is 0.211. The van der Waals surface area contributed by atoms with Crippen LogP contribution < -0.4 is 4.74 Å². The number of nitrogens with zero attached hydrogens (tertiary/aromatic N) is 1. The van der Waals surface area contributed by atoms with Crippen LogP contribution in [0.15, 0.2) is 42.0 Å². The highest BCUT2D eigenvalue weighted by Gasteiger charge is 2.18. The highest BCUT2D eigenvalue weighted by atomic mass is 35.5. The van der Waals surface area contributed by atoms with Crippen molar-refractivity contribution in [1.82, 2.24) is 4.98 Å². The number of halogens is 2. The number of carbonyl (C=O) groups excluding carboxylic acids is 1. The Hall–Kier alpha value is -2.04. The van der Waals surface area contributed by atoms with Gasteiger partial charge in [-0.05, 0) is 75.1 Å². The Morgan fingerprint density at radius 2 is 1.72 bits per heavy atom. The molecule has 1 aliphatic rings. The molecule has 4 nitrogen and oxygen atoms in total. The summed E-state index contributed by atoms with van der Waals surface area (Å²) in [7, 11) is 1.63. The molecule has 158 valence electrons. The molecule has 1 aromatic carbocycles. The van der Waals surface area contributed by atoms with E-state index in [1.54, 1.807) is 32.2 Å². The SMILES string of the molecule is CC.CCOC(=O)c1nc(C2=C(C)CCC2)ccc1Cl.COc1ccc(Cl)cc1. The highest BCUT2D eigenvalue weighted by molar-refractivity contribution is 6.33. The van der Waals surface area contributed by atoms with Crippen molar-refractivity contribution in [2.45, 2.75) is 47.0 Å². The Balaban J connectivity index is 0.000000321. The Morgan fingerprint density at radius 3 is 2.24 bits per heavy atom. The lowest BCUT2D eigenvalue weighted by Crippen LogP contribution is -2.09. The van der Waals surface area contributed by atoms with E-state index in [1.807, 2.05) is 32.0 Å². The first kappa shape index (κ1) is 25.0. The predicted molar refractivity (Wildman–Crippen MR) is 121 cm³/mol. The van der Waals surface area contributed by atoms with Gasteiger partial charge in [-0.2, -0.15) is 0 Å². The first-order valence-corrected chi connectivity index (χ1v) is 10.5. The summed E-state index contributed by atoms with van der Waals surface area (Å²) in [6, 6.07) is 10.8. The van der Waals surface area contributed by atoms with Gasteiger partial charge in [-0.3, -0.25) is 0 Å². The van der Waals surface area contributed by atoms with Crippen LogP contribution in [-0.2, 0) is 4.74 Å². The van der Waals surface area contributed by atoms with Gasteiger partial charge in [0.2, 0.25) is 0 Å². The molecule has 0 aliphatic heterocycles. The fourth-order valence-corrected chi connectivity index (χ4v) is 3.07. The molecular formula is C23H29Cl2NO3. The van der Waals surface area contributed by atoms with Crippen LogP contribution in [0.5, 0.6) is 5.75 Å². The van der Waals surface area contributed by atoms with Gasteiger partial charge in [-0.25, -0.2) is 9.78 Å². The third-order valence-electron chi connectivity index (χ3n) is 4.17. The van der Waals surface area contributed by atoms with E-state index in [9.17, 15) is 4.79 Å². The van der Waals surface area contributed by atoms with E-state index >= 15 is 0 Å². The van der Waals surface area contributed by atoms with Crippen molar-refractivity contribution < 1.29 is 14.3 Å². The lowest BCUT2D eigenvalue weighted by molar-refractivity contribution is 0.0519. The summed E-state index contributed by atoms with van der Waals surface area (Å²) in [5.74, 6) is 0.375. The van der Waals surface area contributed by atoms with Crippen molar-refractivity contribution in [1.29, 1.82) is 0 Å². The molecule has 0 radical (unpaired) electrons. The number of esters is 1. The third-order valence-corrected chi connectivity index (χ3v) is 4.72. The Morgan fingerprint density at radius 1 is 1.07 bits per heavy atom. The number of benzene rings is 1. The van der Waals surface area contributed by atoms with Crippen LogP contribution in [0.3, 0.4) is 0 Å². The summed E-state index contributed by atoms with van der Waals surface area (Å²) in [4.78, 5) is 16.1. The van der Waals surface area contributed by atoms with Crippen LogP contribution in [0.25, 0.3) is 5.57 Å². The summed E-state index contributed by atoms with van der Waals surface area (Å²) in [6.07, 6.45) is 3.28. The maximum absolute atomic E-state index is 11.7. The molecule has 29 heavy (non-hydrogen) atoms. The molecule has 0 fully saturated rings. The van der Waals surface area contributed by atoms with E-state index in [2.05, 4.69) is 11.9 Å². The fourth-order valence-electron chi connectivity index (χ4n) is 2.76. The number of rotatable bonds is 4. The van der Waals surface area contributed by atoms with Crippen LogP contribution in [0, 0.1) is 0 Å². The van der Waals surface area contributed by atoms with Crippen LogP contribution in [0.1, 0.15) is 63.1 Å². The van der Waals surface area contributed by atoms with E-state index in [0.29, 0.717) is 11.6 Å². The summed E-state index contributed by atoms with van der Waals surface area (Å²) in [5, 5.41) is 1.07. The molecule has 0 saturated carbocycles. The minimum atomic E-state index is -0.458. The molecule has 2 aromatic rings. The first-order chi connectivity index (χ1) is 14.0. The van der Waals surface area contributed by atoms with Crippen molar-refractivity contribution in [3.8, 4) is 5.75 Å². The molecule has 1 heterocycles. The molecule has 0 spiro atoms. The summed E-state index contributed by atoms with van der Waals surface area (Å²) in [6.45, 7) is 8.20. The van der Waals surface area contributed by atoms with Crippen LogP contribution >= 0.6 is 23.2 Å². The topological polar surface area (TPSA) is 48.4 Å². The van der Waals surface area contributed by atoms with Crippen molar-refractivity contribution in [2.24, 2.45) is 0 Å². The average molecular weight is 438 g/mol.